The summed E-state index contributed by atoms with van der Waals surface area (Å²) in [5.41, 5.74) is 1.31. The molecule has 1 aromatic carbocycles. The Morgan fingerprint density at radius 3 is 2.72 bits per heavy atom. The van der Waals surface area contributed by atoms with Gasteiger partial charge in [0.15, 0.2) is 0 Å². The number of hydrogen-bond acceptors (Lipinski definition) is 3. The number of aryl methyl sites for hydroxylation is 1. The Balaban J connectivity index is 2.02. The van der Waals surface area contributed by atoms with Gasteiger partial charge >= 0.3 is 0 Å². The Morgan fingerprint density at radius 2 is 2.06 bits per heavy atom. The summed E-state index contributed by atoms with van der Waals surface area (Å²) in [6.07, 6.45) is 1.62. The predicted molar refractivity (Wildman–Crippen MR) is 69.4 cm³/mol. The summed E-state index contributed by atoms with van der Waals surface area (Å²) < 4.78 is 0. The molecule has 1 amide bonds. The molecule has 1 N–H and O–H groups in total. The van der Waals surface area contributed by atoms with Crippen molar-refractivity contribution in [1.29, 1.82) is 0 Å². The van der Waals surface area contributed by atoms with Gasteiger partial charge in [-0.1, -0.05) is 29.8 Å². The molecule has 18 heavy (non-hydrogen) atoms. The van der Waals surface area contributed by atoms with Gasteiger partial charge in [-0.2, -0.15) is 0 Å². The standard InChI is InChI=1S/C13H12ClN3O/c1-9-15-7-11(12(14)17-9)8-16-13(18)10-5-3-2-4-6-10/h2-7H,8H2,1H3,(H,16,18). The van der Waals surface area contributed by atoms with Gasteiger partial charge in [-0.15, -0.1) is 0 Å². The van der Waals surface area contributed by atoms with E-state index < -0.39 is 0 Å². The Labute approximate surface area is 110 Å². The molecule has 0 aliphatic rings. The molecular formula is C13H12ClN3O. The third kappa shape index (κ3) is 3.05. The fraction of sp³-hybridized carbons (Fsp3) is 0.154. The van der Waals surface area contributed by atoms with Crippen LogP contribution in [-0.2, 0) is 6.54 Å². The van der Waals surface area contributed by atoms with Crippen molar-refractivity contribution in [2.75, 3.05) is 0 Å². The lowest BCUT2D eigenvalue weighted by molar-refractivity contribution is 0.0951. The molecule has 1 heterocycles. The van der Waals surface area contributed by atoms with E-state index in [1.807, 2.05) is 18.2 Å². The van der Waals surface area contributed by atoms with Gasteiger partial charge in [-0.05, 0) is 19.1 Å². The van der Waals surface area contributed by atoms with Crippen molar-refractivity contribution in [3.8, 4) is 0 Å². The number of halogens is 1. The van der Waals surface area contributed by atoms with Gasteiger partial charge in [0.05, 0.1) is 0 Å². The first-order chi connectivity index (χ1) is 8.66. The molecule has 0 atom stereocenters. The molecule has 4 nitrogen and oxygen atoms in total. The van der Waals surface area contributed by atoms with Crippen molar-refractivity contribution >= 4 is 17.5 Å². The number of hydrogen-bond donors (Lipinski definition) is 1. The van der Waals surface area contributed by atoms with E-state index in [2.05, 4.69) is 15.3 Å². The van der Waals surface area contributed by atoms with Crippen LogP contribution < -0.4 is 5.32 Å². The average Bonchev–Trinajstić information content (AvgIpc) is 2.38. The van der Waals surface area contributed by atoms with Gasteiger partial charge in [0.2, 0.25) is 0 Å². The summed E-state index contributed by atoms with van der Waals surface area (Å²) >= 11 is 5.96. The van der Waals surface area contributed by atoms with Crippen LogP contribution in [0.25, 0.3) is 0 Å². The third-order valence-electron chi connectivity index (χ3n) is 2.41. The minimum Gasteiger partial charge on any atom is -0.348 e. The summed E-state index contributed by atoms with van der Waals surface area (Å²) in [5.74, 6) is 0.463. The molecule has 0 fully saturated rings. The molecule has 0 aliphatic heterocycles. The molecule has 92 valence electrons. The highest BCUT2D eigenvalue weighted by atomic mass is 35.5. The highest BCUT2D eigenvalue weighted by Gasteiger charge is 2.07. The number of carbonyl (C=O) groups is 1. The van der Waals surface area contributed by atoms with Gasteiger partial charge in [0, 0.05) is 23.9 Å². The van der Waals surface area contributed by atoms with E-state index >= 15 is 0 Å². The van der Waals surface area contributed by atoms with Crippen LogP contribution in [0.5, 0.6) is 0 Å². The van der Waals surface area contributed by atoms with Gasteiger partial charge in [-0.3, -0.25) is 4.79 Å². The van der Waals surface area contributed by atoms with Gasteiger partial charge in [0.1, 0.15) is 11.0 Å². The molecule has 2 rings (SSSR count). The lowest BCUT2D eigenvalue weighted by atomic mass is 10.2. The fourth-order valence-electron chi connectivity index (χ4n) is 1.45. The monoisotopic (exact) mass is 261 g/mol. The number of amides is 1. The Hall–Kier alpha value is -1.94. The lowest BCUT2D eigenvalue weighted by Crippen LogP contribution is -2.23. The second-order valence-electron chi connectivity index (χ2n) is 3.78. The van der Waals surface area contributed by atoms with Gasteiger partial charge < -0.3 is 5.32 Å². The van der Waals surface area contributed by atoms with Crippen LogP contribution >= 0.6 is 11.6 Å². The van der Waals surface area contributed by atoms with Crippen molar-refractivity contribution < 1.29 is 4.79 Å². The zero-order valence-electron chi connectivity index (χ0n) is 9.85. The zero-order valence-corrected chi connectivity index (χ0v) is 10.6. The third-order valence-corrected chi connectivity index (χ3v) is 2.73. The number of rotatable bonds is 3. The minimum absolute atomic E-state index is 0.146. The van der Waals surface area contributed by atoms with E-state index in [1.54, 1.807) is 25.3 Å². The van der Waals surface area contributed by atoms with Crippen LogP contribution in [0.4, 0.5) is 0 Å². The molecule has 2 aromatic rings. The molecule has 0 spiro atoms. The SMILES string of the molecule is Cc1ncc(CNC(=O)c2ccccc2)c(Cl)n1. The Morgan fingerprint density at radius 1 is 1.33 bits per heavy atom. The zero-order chi connectivity index (χ0) is 13.0. The van der Waals surface area contributed by atoms with Crippen LogP contribution in [-0.4, -0.2) is 15.9 Å². The predicted octanol–water partition coefficient (Wildman–Crippen LogP) is 2.37. The molecule has 0 saturated heterocycles. The molecule has 5 heteroatoms. The maximum atomic E-state index is 11.8. The van der Waals surface area contributed by atoms with Gasteiger partial charge in [-0.25, -0.2) is 9.97 Å². The Bertz CT molecular complexity index is 557. The Kier molecular flexibility index (Phi) is 3.89. The molecular weight excluding hydrogens is 250 g/mol. The number of aromatic nitrogens is 2. The highest BCUT2D eigenvalue weighted by Crippen LogP contribution is 2.11. The van der Waals surface area contributed by atoms with Crippen LogP contribution in [0.1, 0.15) is 21.7 Å². The molecule has 0 aliphatic carbocycles. The van der Waals surface area contributed by atoms with Crippen LogP contribution in [0.2, 0.25) is 5.15 Å². The summed E-state index contributed by atoms with van der Waals surface area (Å²) in [4.78, 5) is 19.9. The van der Waals surface area contributed by atoms with E-state index in [4.69, 9.17) is 11.6 Å². The van der Waals surface area contributed by atoms with E-state index in [-0.39, 0.29) is 5.91 Å². The highest BCUT2D eigenvalue weighted by molar-refractivity contribution is 6.30. The first-order valence-corrected chi connectivity index (χ1v) is 5.86. The van der Waals surface area contributed by atoms with Crippen molar-refractivity contribution in [3.63, 3.8) is 0 Å². The number of benzene rings is 1. The number of nitrogens with one attached hydrogen (secondary N) is 1. The van der Waals surface area contributed by atoms with Gasteiger partial charge in [0.25, 0.3) is 5.91 Å². The molecule has 0 unspecified atom stereocenters. The number of nitrogens with zero attached hydrogens (tertiary/aromatic N) is 2. The van der Waals surface area contributed by atoms with Crippen molar-refractivity contribution in [1.82, 2.24) is 15.3 Å². The van der Waals surface area contributed by atoms with Crippen LogP contribution in [0, 0.1) is 6.92 Å². The van der Waals surface area contributed by atoms with E-state index in [9.17, 15) is 4.79 Å². The molecule has 0 bridgehead atoms. The van der Waals surface area contributed by atoms with E-state index in [1.165, 1.54) is 0 Å². The molecule has 0 radical (unpaired) electrons. The average molecular weight is 262 g/mol. The van der Waals surface area contributed by atoms with E-state index in [0.717, 1.165) is 0 Å². The molecule has 1 aromatic heterocycles. The molecule has 0 saturated carbocycles. The van der Waals surface area contributed by atoms with E-state index in [0.29, 0.717) is 28.6 Å². The topological polar surface area (TPSA) is 54.9 Å². The maximum absolute atomic E-state index is 11.8. The maximum Gasteiger partial charge on any atom is 0.251 e. The number of carbonyl (C=O) groups excluding carboxylic acids is 1. The minimum atomic E-state index is -0.146. The largest absolute Gasteiger partial charge is 0.348 e. The second-order valence-corrected chi connectivity index (χ2v) is 4.14. The van der Waals surface area contributed by atoms with Crippen molar-refractivity contribution in [2.45, 2.75) is 13.5 Å². The second kappa shape index (κ2) is 5.60. The fourth-order valence-corrected chi connectivity index (χ4v) is 1.69. The summed E-state index contributed by atoms with van der Waals surface area (Å²) in [6.45, 7) is 2.07. The smallest absolute Gasteiger partial charge is 0.251 e. The van der Waals surface area contributed by atoms with Crippen molar-refractivity contribution in [2.24, 2.45) is 0 Å². The summed E-state index contributed by atoms with van der Waals surface area (Å²) in [5, 5.41) is 3.14. The summed E-state index contributed by atoms with van der Waals surface area (Å²) in [6, 6.07) is 9.00. The van der Waals surface area contributed by atoms with Crippen molar-refractivity contribution in [3.05, 3.63) is 58.6 Å². The lowest BCUT2D eigenvalue weighted by Gasteiger charge is -2.06. The first-order valence-electron chi connectivity index (χ1n) is 5.48. The normalized spacial score (nSPS) is 10.1. The van der Waals surface area contributed by atoms with Crippen LogP contribution in [0.3, 0.4) is 0 Å². The van der Waals surface area contributed by atoms with Crippen LogP contribution in [0.15, 0.2) is 36.5 Å². The summed E-state index contributed by atoms with van der Waals surface area (Å²) in [7, 11) is 0. The quantitative estimate of drug-likeness (QED) is 0.863. The first kappa shape index (κ1) is 12.5.